The summed E-state index contributed by atoms with van der Waals surface area (Å²) in [5, 5.41) is 0. The van der Waals surface area contributed by atoms with Crippen molar-refractivity contribution in [1.82, 2.24) is 0 Å². The smallest absolute Gasteiger partial charge is 0.210 e. The van der Waals surface area contributed by atoms with Crippen LogP contribution in [0.1, 0.15) is 57.9 Å². The van der Waals surface area contributed by atoms with Gasteiger partial charge in [0, 0.05) is 17.8 Å². The molecule has 4 atom stereocenters. The SMILES string of the molecule is CC(C)(C)C1=C[C@H](c2ccccc2)[C@@H]2CCCC[C@]23OCC[NH+]13. The molecule has 1 aliphatic carbocycles. The van der Waals surface area contributed by atoms with Crippen LogP contribution >= 0.6 is 0 Å². The van der Waals surface area contributed by atoms with Crippen molar-refractivity contribution in [3.63, 3.8) is 0 Å². The lowest BCUT2D eigenvalue weighted by Crippen LogP contribution is -3.19. The summed E-state index contributed by atoms with van der Waals surface area (Å²) in [6, 6.07) is 11.1. The Kier molecular flexibility index (Phi) is 3.66. The van der Waals surface area contributed by atoms with E-state index in [1.807, 2.05) is 0 Å². The largest absolute Gasteiger partial charge is 0.320 e. The van der Waals surface area contributed by atoms with Crippen molar-refractivity contribution in [2.24, 2.45) is 11.3 Å². The number of allylic oxidation sites excluding steroid dienone is 2. The van der Waals surface area contributed by atoms with E-state index < -0.39 is 0 Å². The van der Waals surface area contributed by atoms with Crippen molar-refractivity contribution in [2.45, 2.75) is 58.1 Å². The Hall–Kier alpha value is -1.12. The van der Waals surface area contributed by atoms with E-state index in [-0.39, 0.29) is 11.1 Å². The quantitative estimate of drug-likeness (QED) is 0.838. The van der Waals surface area contributed by atoms with Gasteiger partial charge in [0.1, 0.15) is 18.8 Å². The first kappa shape index (κ1) is 15.4. The molecule has 2 aliphatic heterocycles. The maximum Gasteiger partial charge on any atom is 0.210 e. The third-order valence-corrected chi connectivity index (χ3v) is 6.23. The molecule has 2 nitrogen and oxygen atoms in total. The van der Waals surface area contributed by atoms with Crippen LogP contribution in [0, 0.1) is 11.3 Å². The summed E-state index contributed by atoms with van der Waals surface area (Å²) in [5.74, 6) is 1.13. The Morgan fingerprint density at radius 2 is 1.91 bits per heavy atom. The van der Waals surface area contributed by atoms with E-state index in [2.05, 4.69) is 57.2 Å². The van der Waals surface area contributed by atoms with E-state index >= 15 is 0 Å². The van der Waals surface area contributed by atoms with Gasteiger partial charge in [-0.05, 0) is 24.5 Å². The third-order valence-electron chi connectivity index (χ3n) is 6.23. The summed E-state index contributed by atoms with van der Waals surface area (Å²) in [5.41, 5.74) is 3.28. The zero-order valence-corrected chi connectivity index (χ0v) is 14.8. The van der Waals surface area contributed by atoms with Gasteiger partial charge in [0.2, 0.25) is 5.72 Å². The van der Waals surface area contributed by atoms with Crippen LogP contribution < -0.4 is 4.90 Å². The number of rotatable bonds is 1. The number of benzene rings is 1. The van der Waals surface area contributed by atoms with Crippen molar-refractivity contribution >= 4 is 0 Å². The second kappa shape index (κ2) is 5.46. The molecule has 1 aromatic rings. The minimum absolute atomic E-state index is 0.0378. The van der Waals surface area contributed by atoms with Gasteiger partial charge in [0.25, 0.3) is 0 Å². The first-order chi connectivity index (χ1) is 11.0. The van der Waals surface area contributed by atoms with E-state index in [4.69, 9.17) is 4.74 Å². The fraction of sp³-hybridized carbons (Fsp3) is 0.619. The van der Waals surface area contributed by atoms with Gasteiger partial charge in [0.15, 0.2) is 0 Å². The first-order valence-electron chi connectivity index (χ1n) is 9.30. The molecule has 1 saturated heterocycles. The Morgan fingerprint density at radius 1 is 1.13 bits per heavy atom. The molecule has 4 rings (SSSR count). The maximum atomic E-state index is 6.55. The van der Waals surface area contributed by atoms with Crippen LogP contribution in [0.3, 0.4) is 0 Å². The molecule has 3 aliphatic rings. The second-order valence-electron chi connectivity index (χ2n) is 8.59. The predicted molar refractivity (Wildman–Crippen MR) is 93.2 cm³/mol. The fourth-order valence-electron chi connectivity index (χ4n) is 5.29. The highest BCUT2D eigenvalue weighted by molar-refractivity contribution is 5.29. The Labute approximate surface area is 140 Å². The minimum Gasteiger partial charge on any atom is -0.320 e. The zero-order chi connectivity index (χ0) is 16.1. The highest BCUT2D eigenvalue weighted by Crippen LogP contribution is 2.47. The fourth-order valence-corrected chi connectivity index (χ4v) is 5.29. The van der Waals surface area contributed by atoms with E-state index in [0.717, 1.165) is 13.2 Å². The molecule has 0 aromatic heterocycles. The molecule has 1 saturated carbocycles. The van der Waals surface area contributed by atoms with Gasteiger partial charge in [-0.15, -0.1) is 0 Å². The van der Waals surface area contributed by atoms with Crippen molar-refractivity contribution in [3.05, 3.63) is 47.7 Å². The van der Waals surface area contributed by atoms with E-state index in [1.54, 1.807) is 10.6 Å². The third kappa shape index (κ3) is 2.38. The highest BCUT2D eigenvalue weighted by atomic mass is 16.5. The van der Waals surface area contributed by atoms with Crippen LogP contribution in [0.25, 0.3) is 0 Å². The maximum absolute atomic E-state index is 6.55. The summed E-state index contributed by atoms with van der Waals surface area (Å²) in [4.78, 5) is 1.64. The van der Waals surface area contributed by atoms with Crippen LogP contribution in [0.4, 0.5) is 0 Å². The lowest BCUT2D eigenvalue weighted by atomic mass is 9.66. The standard InChI is InChI=1S/C21H29NO/c1-20(2,3)19-15-17(16-9-5-4-6-10-16)18-11-7-8-12-21(18)22(19)13-14-23-21/h4-6,9-10,15,17-18H,7-8,11-14H2,1-3H3/p+1/t17-,18+,21+/m1/s1. The summed E-state index contributed by atoms with van der Waals surface area (Å²) in [6.07, 6.45) is 7.80. The summed E-state index contributed by atoms with van der Waals surface area (Å²) in [6.45, 7) is 9.15. The zero-order valence-electron chi connectivity index (χ0n) is 14.8. The minimum atomic E-state index is 0.0378. The van der Waals surface area contributed by atoms with Crippen LogP contribution in [-0.4, -0.2) is 18.9 Å². The normalized spacial score (nSPS) is 37.0. The van der Waals surface area contributed by atoms with Crippen LogP contribution in [-0.2, 0) is 4.74 Å². The second-order valence-corrected chi connectivity index (χ2v) is 8.59. The Morgan fingerprint density at radius 3 is 2.65 bits per heavy atom. The number of ether oxygens (including phenoxy) is 1. The number of quaternary nitrogens is 1. The molecule has 1 spiro atoms. The van der Waals surface area contributed by atoms with E-state index in [1.165, 1.54) is 31.2 Å². The summed E-state index contributed by atoms with van der Waals surface area (Å²) in [7, 11) is 0. The molecule has 124 valence electrons. The molecule has 0 amide bonds. The van der Waals surface area contributed by atoms with Gasteiger partial charge in [-0.25, -0.2) is 0 Å². The number of nitrogens with one attached hydrogen (secondary N) is 1. The van der Waals surface area contributed by atoms with Crippen molar-refractivity contribution in [3.8, 4) is 0 Å². The molecule has 1 unspecified atom stereocenters. The van der Waals surface area contributed by atoms with Gasteiger partial charge in [-0.3, -0.25) is 4.90 Å². The lowest BCUT2D eigenvalue weighted by Gasteiger charge is -2.50. The molecule has 2 heteroatoms. The van der Waals surface area contributed by atoms with Crippen molar-refractivity contribution < 1.29 is 9.64 Å². The molecule has 0 radical (unpaired) electrons. The molecule has 1 N–H and O–H groups in total. The van der Waals surface area contributed by atoms with Crippen molar-refractivity contribution in [1.29, 1.82) is 0 Å². The molecule has 1 aromatic carbocycles. The average molecular weight is 312 g/mol. The van der Waals surface area contributed by atoms with Gasteiger partial charge >= 0.3 is 0 Å². The summed E-state index contributed by atoms with van der Waals surface area (Å²) < 4.78 is 6.55. The van der Waals surface area contributed by atoms with E-state index in [0.29, 0.717) is 11.8 Å². The van der Waals surface area contributed by atoms with Crippen LogP contribution in [0.2, 0.25) is 0 Å². The van der Waals surface area contributed by atoms with E-state index in [9.17, 15) is 0 Å². The molecule has 2 fully saturated rings. The molecule has 23 heavy (non-hydrogen) atoms. The van der Waals surface area contributed by atoms with Gasteiger partial charge in [0.05, 0.1) is 5.92 Å². The number of hydrogen-bond acceptors (Lipinski definition) is 1. The average Bonchev–Trinajstić information content (AvgIpc) is 2.96. The van der Waals surface area contributed by atoms with Gasteiger partial charge in [-0.2, -0.15) is 0 Å². The van der Waals surface area contributed by atoms with Gasteiger partial charge in [-0.1, -0.05) is 57.5 Å². The molecule has 0 bridgehead atoms. The monoisotopic (exact) mass is 312 g/mol. The number of hydrogen-bond donors (Lipinski definition) is 1. The summed E-state index contributed by atoms with van der Waals surface area (Å²) >= 11 is 0. The molecule has 2 heterocycles. The highest BCUT2D eigenvalue weighted by Gasteiger charge is 2.60. The van der Waals surface area contributed by atoms with Crippen LogP contribution in [0.5, 0.6) is 0 Å². The van der Waals surface area contributed by atoms with Gasteiger partial charge < -0.3 is 4.74 Å². The molecular weight excluding hydrogens is 282 g/mol. The first-order valence-corrected chi connectivity index (χ1v) is 9.30. The Balaban J connectivity index is 1.86. The topological polar surface area (TPSA) is 13.7 Å². The Bertz CT molecular complexity index is 600. The lowest BCUT2D eigenvalue weighted by molar-refractivity contribution is -0.935. The molecular formula is C21H30NO+. The van der Waals surface area contributed by atoms with Crippen molar-refractivity contribution in [2.75, 3.05) is 13.2 Å². The predicted octanol–water partition coefficient (Wildman–Crippen LogP) is 3.52. The van der Waals surface area contributed by atoms with Crippen LogP contribution in [0.15, 0.2) is 42.1 Å².